The van der Waals surface area contributed by atoms with E-state index in [1.807, 2.05) is 0 Å². The van der Waals surface area contributed by atoms with Gasteiger partial charge in [-0.1, -0.05) is 0 Å². The van der Waals surface area contributed by atoms with Crippen molar-refractivity contribution in [3.8, 4) is 0 Å². The number of aromatic amines is 1. The molecular weight excluding hydrogens is 286 g/mol. The maximum absolute atomic E-state index is 12.3. The molecule has 0 saturated heterocycles. The summed E-state index contributed by atoms with van der Waals surface area (Å²) in [4.78, 5) is 11.7. The molecule has 1 aromatic rings. The molecule has 1 rings (SSSR count). The van der Waals surface area contributed by atoms with Crippen LogP contribution in [-0.4, -0.2) is 62.8 Å². The average molecular weight is 305 g/mol. The normalized spacial score (nSPS) is 11.8. The Labute approximate surface area is 118 Å². The number of ether oxygens (including phenoxy) is 2. The van der Waals surface area contributed by atoms with Crippen LogP contribution in [0.3, 0.4) is 0 Å². The highest BCUT2D eigenvalue weighted by atomic mass is 32.2. The molecule has 0 amide bonds. The summed E-state index contributed by atoms with van der Waals surface area (Å²) in [6.45, 7) is 2.53. The number of esters is 1. The molecule has 8 nitrogen and oxygen atoms in total. The van der Waals surface area contributed by atoms with Crippen molar-refractivity contribution in [2.45, 2.75) is 18.4 Å². The first-order chi connectivity index (χ1) is 9.45. The molecule has 0 spiro atoms. The second-order valence-corrected chi connectivity index (χ2v) is 5.99. The van der Waals surface area contributed by atoms with E-state index in [1.54, 1.807) is 14.0 Å². The SMILES string of the molecule is CCOC(=O)c1cn[nH]c1S(=O)(=O)N(C)CCCOC. The molecule has 1 heterocycles. The fourth-order valence-electron chi connectivity index (χ4n) is 1.53. The van der Waals surface area contributed by atoms with Gasteiger partial charge in [0.1, 0.15) is 5.56 Å². The van der Waals surface area contributed by atoms with E-state index in [1.165, 1.54) is 7.05 Å². The van der Waals surface area contributed by atoms with E-state index in [2.05, 4.69) is 10.2 Å². The van der Waals surface area contributed by atoms with Crippen LogP contribution in [-0.2, 0) is 19.5 Å². The Hall–Kier alpha value is -1.45. The highest BCUT2D eigenvalue weighted by Gasteiger charge is 2.29. The third-order valence-electron chi connectivity index (χ3n) is 2.59. The minimum absolute atomic E-state index is 0.0922. The first-order valence-electron chi connectivity index (χ1n) is 6.10. The van der Waals surface area contributed by atoms with E-state index < -0.39 is 16.0 Å². The van der Waals surface area contributed by atoms with Gasteiger partial charge < -0.3 is 9.47 Å². The predicted octanol–water partition coefficient (Wildman–Crippen LogP) is 0.243. The van der Waals surface area contributed by atoms with Crippen LogP contribution in [0.5, 0.6) is 0 Å². The number of hydrogen-bond acceptors (Lipinski definition) is 6. The van der Waals surface area contributed by atoms with Crippen molar-refractivity contribution in [2.75, 3.05) is 33.9 Å². The molecule has 1 aromatic heterocycles. The van der Waals surface area contributed by atoms with E-state index in [4.69, 9.17) is 9.47 Å². The highest BCUT2D eigenvalue weighted by molar-refractivity contribution is 7.89. The van der Waals surface area contributed by atoms with E-state index >= 15 is 0 Å². The number of aromatic nitrogens is 2. The van der Waals surface area contributed by atoms with Crippen molar-refractivity contribution in [1.82, 2.24) is 14.5 Å². The molecule has 0 unspecified atom stereocenters. The fraction of sp³-hybridized carbons (Fsp3) is 0.636. The van der Waals surface area contributed by atoms with Crippen LogP contribution in [0.1, 0.15) is 23.7 Å². The number of H-pyrrole nitrogens is 1. The van der Waals surface area contributed by atoms with Gasteiger partial charge in [-0.2, -0.15) is 9.40 Å². The summed E-state index contributed by atoms with van der Waals surface area (Å²) in [7, 11) is -0.836. The van der Waals surface area contributed by atoms with Crippen LogP contribution in [0, 0.1) is 0 Å². The number of carbonyl (C=O) groups excluding carboxylic acids is 1. The minimum atomic E-state index is -3.81. The van der Waals surface area contributed by atoms with Crippen molar-refractivity contribution >= 4 is 16.0 Å². The van der Waals surface area contributed by atoms with Crippen LogP contribution in [0.2, 0.25) is 0 Å². The van der Waals surface area contributed by atoms with Gasteiger partial charge in [0, 0.05) is 27.3 Å². The van der Waals surface area contributed by atoms with Crippen molar-refractivity contribution in [1.29, 1.82) is 0 Å². The van der Waals surface area contributed by atoms with E-state index in [0.29, 0.717) is 13.0 Å². The van der Waals surface area contributed by atoms with Crippen molar-refractivity contribution in [3.63, 3.8) is 0 Å². The Morgan fingerprint density at radius 2 is 2.20 bits per heavy atom. The lowest BCUT2D eigenvalue weighted by molar-refractivity contribution is 0.0521. The molecule has 9 heteroatoms. The van der Waals surface area contributed by atoms with Crippen LogP contribution in [0.4, 0.5) is 0 Å². The predicted molar refractivity (Wildman–Crippen MR) is 70.9 cm³/mol. The Kier molecular flexibility index (Phi) is 6.11. The summed E-state index contributed by atoms with van der Waals surface area (Å²) < 4.78 is 35.5. The lowest BCUT2D eigenvalue weighted by Crippen LogP contribution is -2.30. The summed E-state index contributed by atoms with van der Waals surface area (Å²) in [5.41, 5.74) is -0.0922. The van der Waals surface area contributed by atoms with Crippen LogP contribution < -0.4 is 0 Å². The van der Waals surface area contributed by atoms with E-state index in [9.17, 15) is 13.2 Å². The molecule has 0 saturated carbocycles. The Morgan fingerprint density at radius 3 is 2.80 bits per heavy atom. The molecule has 0 bridgehead atoms. The molecule has 0 radical (unpaired) electrons. The Bertz CT molecular complexity index is 540. The van der Waals surface area contributed by atoms with E-state index in [0.717, 1.165) is 10.5 Å². The van der Waals surface area contributed by atoms with Gasteiger partial charge in [-0.25, -0.2) is 13.2 Å². The number of sulfonamides is 1. The highest BCUT2D eigenvalue weighted by Crippen LogP contribution is 2.17. The standard InChI is InChI=1S/C11H19N3O5S/c1-4-19-11(15)9-8-12-13-10(9)20(16,17)14(2)6-5-7-18-3/h8H,4-7H2,1-3H3,(H,12,13). The summed E-state index contributed by atoms with van der Waals surface area (Å²) in [5, 5.41) is 5.71. The fourth-order valence-corrected chi connectivity index (χ4v) is 2.80. The van der Waals surface area contributed by atoms with Gasteiger partial charge in [0.15, 0.2) is 5.03 Å². The summed E-state index contributed by atoms with van der Waals surface area (Å²) in [5.74, 6) is -0.717. The third-order valence-corrected chi connectivity index (χ3v) is 4.42. The van der Waals surface area contributed by atoms with Crippen LogP contribution >= 0.6 is 0 Å². The lowest BCUT2D eigenvalue weighted by Gasteiger charge is -2.16. The molecule has 0 aliphatic heterocycles. The number of nitrogens with one attached hydrogen (secondary N) is 1. The Balaban J connectivity index is 2.93. The zero-order chi connectivity index (χ0) is 15.2. The van der Waals surface area contributed by atoms with Gasteiger partial charge >= 0.3 is 5.97 Å². The van der Waals surface area contributed by atoms with Gasteiger partial charge in [-0.05, 0) is 13.3 Å². The first kappa shape index (κ1) is 16.6. The number of carbonyl (C=O) groups is 1. The molecule has 0 fully saturated rings. The molecule has 20 heavy (non-hydrogen) atoms. The smallest absolute Gasteiger partial charge is 0.342 e. The zero-order valence-corrected chi connectivity index (χ0v) is 12.6. The molecule has 0 aliphatic rings. The summed E-state index contributed by atoms with van der Waals surface area (Å²) in [6.07, 6.45) is 1.70. The second kappa shape index (κ2) is 7.36. The largest absolute Gasteiger partial charge is 0.462 e. The quantitative estimate of drug-likeness (QED) is 0.545. The van der Waals surface area contributed by atoms with Crippen molar-refractivity contribution in [3.05, 3.63) is 11.8 Å². The molecule has 0 aliphatic carbocycles. The first-order valence-corrected chi connectivity index (χ1v) is 7.54. The lowest BCUT2D eigenvalue weighted by atomic mass is 10.4. The summed E-state index contributed by atoms with van der Waals surface area (Å²) in [6, 6.07) is 0. The monoisotopic (exact) mass is 305 g/mol. The number of methoxy groups -OCH3 is 1. The molecule has 0 atom stereocenters. The molecule has 0 aromatic carbocycles. The summed E-state index contributed by atoms with van der Waals surface area (Å²) >= 11 is 0. The number of rotatable bonds is 8. The zero-order valence-electron chi connectivity index (χ0n) is 11.7. The average Bonchev–Trinajstić information content (AvgIpc) is 2.89. The molecular formula is C11H19N3O5S. The van der Waals surface area contributed by atoms with Gasteiger partial charge in [-0.15, -0.1) is 0 Å². The Morgan fingerprint density at radius 1 is 1.50 bits per heavy atom. The maximum Gasteiger partial charge on any atom is 0.342 e. The van der Waals surface area contributed by atoms with Gasteiger partial charge in [-0.3, -0.25) is 5.10 Å². The molecule has 114 valence electrons. The van der Waals surface area contributed by atoms with Crippen molar-refractivity contribution < 1.29 is 22.7 Å². The maximum atomic E-state index is 12.3. The van der Waals surface area contributed by atoms with Crippen LogP contribution in [0.15, 0.2) is 11.2 Å². The molecule has 1 N–H and O–H groups in total. The van der Waals surface area contributed by atoms with Crippen LogP contribution in [0.25, 0.3) is 0 Å². The van der Waals surface area contributed by atoms with Gasteiger partial charge in [0.2, 0.25) is 0 Å². The van der Waals surface area contributed by atoms with Crippen molar-refractivity contribution in [2.24, 2.45) is 0 Å². The van der Waals surface area contributed by atoms with Gasteiger partial charge in [0.25, 0.3) is 10.0 Å². The number of hydrogen-bond donors (Lipinski definition) is 1. The van der Waals surface area contributed by atoms with Gasteiger partial charge in [0.05, 0.1) is 12.8 Å². The third kappa shape index (κ3) is 3.78. The number of nitrogens with zero attached hydrogens (tertiary/aromatic N) is 2. The second-order valence-electron chi connectivity index (χ2n) is 4.01. The topological polar surface area (TPSA) is 102 Å². The minimum Gasteiger partial charge on any atom is -0.462 e. The van der Waals surface area contributed by atoms with E-state index in [-0.39, 0.29) is 23.7 Å².